The molecular weight excluding hydrogens is 343 g/mol. The van der Waals surface area contributed by atoms with Gasteiger partial charge in [-0.25, -0.2) is 9.37 Å². The molecule has 0 unspecified atom stereocenters. The first kappa shape index (κ1) is 19.5. The van der Waals surface area contributed by atoms with Crippen LogP contribution in [0.5, 0.6) is 0 Å². The number of nitrogens with zero attached hydrogens (tertiary/aromatic N) is 3. The van der Waals surface area contributed by atoms with Gasteiger partial charge in [-0.15, -0.1) is 0 Å². The number of nitrogens with one attached hydrogen (secondary N) is 1. The molecule has 1 N–H and O–H groups in total. The van der Waals surface area contributed by atoms with E-state index in [4.69, 9.17) is 0 Å². The van der Waals surface area contributed by atoms with Crippen molar-refractivity contribution in [1.82, 2.24) is 19.8 Å². The molecule has 0 saturated carbocycles. The first-order chi connectivity index (χ1) is 12.9. The third kappa shape index (κ3) is 4.21. The molecule has 2 heterocycles. The van der Waals surface area contributed by atoms with Gasteiger partial charge in [-0.05, 0) is 51.8 Å². The Morgan fingerprint density at radius 2 is 2.07 bits per heavy atom. The van der Waals surface area contributed by atoms with E-state index in [1.807, 2.05) is 12.4 Å². The summed E-state index contributed by atoms with van der Waals surface area (Å²) in [6.45, 7) is 9.75. The highest BCUT2D eigenvalue weighted by Crippen LogP contribution is 2.32. The number of aromatic nitrogens is 2. The summed E-state index contributed by atoms with van der Waals surface area (Å²) < 4.78 is 15.4. The number of hydrogen-bond donors (Lipinski definition) is 1. The van der Waals surface area contributed by atoms with Gasteiger partial charge in [-0.3, -0.25) is 9.69 Å². The summed E-state index contributed by atoms with van der Waals surface area (Å²) in [7, 11) is 0. The molecule has 146 valence electrons. The molecule has 0 fully saturated rings. The fourth-order valence-corrected chi connectivity index (χ4v) is 3.78. The van der Waals surface area contributed by atoms with Crippen molar-refractivity contribution in [3.8, 4) is 0 Å². The molecule has 0 bridgehead atoms. The predicted molar refractivity (Wildman–Crippen MR) is 104 cm³/mol. The Morgan fingerprint density at radius 3 is 2.74 bits per heavy atom. The van der Waals surface area contributed by atoms with Crippen LogP contribution in [-0.4, -0.2) is 39.5 Å². The van der Waals surface area contributed by atoms with Crippen molar-refractivity contribution in [3.63, 3.8) is 0 Å². The first-order valence-corrected chi connectivity index (χ1v) is 9.72. The zero-order chi connectivity index (χ0) is 19.6. The van der Waals surface area contributed by atoms with Crippen molar-refractivity contribution in [1.29, 1.82) is 0 Å². The second-order valence-electron chi connectivity index (χ2n) is 7.73. The number of carbonyl (C=O) groups excluding carboxylic acids is 1. The lowest BCUT2D eigenvalue weighted by Crippen LogP contribution is -2.48. The van der Waals surface area contributed by atoms with Crippen LogP contribution in [0.3, 0.4) is 0 Å². The van der Waals surface area contributed by atoms with E-state index in [-0.39, 0.29) is 29.8 Å². The van der Waals surface area contributed by atoms with E-state index in [1.54, 1.807) is 6.07 Å². The largest absolute Gasteiger partial charge is 0.354 e. The maximum atomic E-state index is 13.3. The van der Waals surface area contributed by atoms with E-state index >= 15 is 0 Å². The van der Waals surface area contributed by atoms with E-state index < -0.39 is 0 Å². The lowest BCUT2D eigenvalue weighted by atomic mass is 9.99. The molecule has 1 aliphatic rings. The number of fused-ring (bicyclic) bond motifs is 1. The number of halogens is 1. The van der Waals surface area contributed by atoms with Crippen molar-refractivity contribution in [2.24, 2.45) is 0 Å². The third-order valence-electron chi connectivity index (χ3n) is 5.18. The van der Waals surface area contributed by atoms with Crippen LogP contribution < -0.4 is 5.32 Å². The molecule has 0 aliphatic carbocycles. The van der Waals surface area contributed by atoms with Gasteiger partial charge in [0.15, 0.2) is 0 Å². The van der Waals surface area contributed by atoms with Crippen LogP contribution in [0.2, 0.25) is 0 Å². The summed E-state index contributed by atoms with van der Waals surface area (Å²) in [6.07, 6.45) is 3.32. The highest BCUT2D eigenvalue weighted by atomic mass is 19.1. The van der Waals surface area contributed by atoms with Crippen molar-refractivity contribution < 1.29 is 9.18 Å². The highest BCUT2D eigenvalue weighted by molar-refractivity contribution is 5.83. The number of carbonyl (C=O) groups is 1. The van der Waals surface area contributed by atoms with Crippen LogP contribution >= 0.6 is 0 Å². The highest BCUT2D eigenvalue weighted by Gasteiger charge is 2.37. The second kappa shape index (κ2) is 8.21. The average Bonchev–Trinajstić information content (AvgIpc) is 3.05. The fraction of sp³-hybridized carbons (Fsp3) is 0.524. The summed E-state index contributed by atoms with van der Waals surface area (Å²) in [5.41, 5.74) is 2.91. The maximum absolute atomic E-state index is 13.3. The Bertz CT molecular complexity index is 799. The molecule has 1 atom stereocenters. The van der Waals surface area contributed by atoms with E-state index in [9.17, 15) is 9.18 Å². The van der Waals surface area contributed by atoms with Crippen molar-refractivity contribution in [2.75, 3.05) is 13.1 Å². The monoisotopic (exact) mass is 372 g/mol. The van der Waals surface area contributed by atoms with Crippen LogP contribution in [0.1, 0.15) is 56.7 Å². The summed E-state index contributed by atoms with van der Waals surface area (Å²) in [4.78, 5) is 19.9. The Kier molecular flexibility index (Phi) is 5.95. The minimum atomic E-state index is -0.342. The lowest BCUT2D eigenvalue weighted by Gasteiger charge is -2.38. The minimum Gasteiger partial charge on any atom is -0.354 e. The molecule has 2 aromatic rings. The van der Waals surface area contributed by atoms with Crippen LogP contribution in [0.4, 0.5) is 4.39 Å². The molecule has 0 radical (unpaired) electrons. The fourth-order valence-electron chi connectivity index (χ4n) is 3.78. The summed E-state index contributed by atoms with van der Waals surface area (Å²) in [5, 5.41) is 3.06. The van der Waals surface area contributed by atoms with Gasteiger partial charge in [0, 0.05) is 31.6 Å². The van der Waals surface area contributed by atoms with Crippen molar-refractivity contribution in [3.05, 3.63) is 53.4 Å². The molecule has 1 aromatic heterocycles. The van der Waals surface area contributed by atoms with E-state index in [0.717, 1.165) is 29.9 Å². The standard InChI is InChI=1S/C21H29FN4O/c1-14(2)25-11-9-18-19(26(13-24-18)15(3)4)20(25)21(27)23-10-8-16-6-5-7-17(22)12-16/h5-7,12-15,20H,8-11H2,1-4H3,(H,23,27)/t20-/m1/s1. The summed E-state index contributed by atoms with van der Waals surface area (Å²) in [6, 6.07) is 6.68. The van der Waals surface area contributed by atoms with E-state index in [2.05, 4.69) is 47.5 Å². The molecule has 1 aromatic carbocycles. The van der Waals surface area contributed by atoms with Crippen LogP contribution in [0, 0.1) is 5.82 Å². The number of hydrogen-bond acceptors (Lipinski definition) is 3. The zero-order valence-electron chi connectivity index (χ0n) is 16.6. The molecule has 5 nitrogen and oxygen atoms in total. The minimum absolute atomic E-state index is 0.0107. The molecule has 0 spiro atoms. The molecule has 1 aliphatic heterocycles. The normalized spacial score (nSPS) is 17.4. The smallest absolute Gasteiger partial charge is 0.243 e. The first-order valence-electron chi connectivity index (χ1n) is 9.72. The lowest BCUT2D eigenvalue weighted by molar-refractivity contribution is -0.128. The Hall–Kier alpha value is -2.21. The topological polar surface area (TPSA) is 50.2 Å². The van der Waals surface area contributed by atoms with Gasteiger partial charge < -0.3 is 9.88 Å². The maximum Gasteiger partial charge on any atom is 0.243 e. The van der Waals surface area contributed by atoms with E-state index in [0.29, 0.717) is 13.0 Å². The molecule has 0 saturated heterocycles. The second-order valence-corrected chi connectivity index (χ2v) is 7.73. The van der Waals surface area contributed by atoms with Crippen LogP contribution in [0.25, 0.3) is 0 Å². The van der Waals surface area contributed by atoms with Crippen molar-refractivity contribution in [2.45, 2.75) is 58.7 Å². The van der Waals surface area contributed by atoms with Gasteiger partial charge in [0.1, 0.15) is 11.9 Å². The zero-order valence-corrected chi connectivity index (χ0v) is 16.6. The number of rotatable bonds is 6. The van der Waals surface area contributed by atoms with Crippen LogP contribution in [0.15, 0.2) is 30.6 Å². The van der Waals surface area contributed by atoms with Crippen molar-refractivity contribution >= 4 is 5.91 Å². The van der Waals surface area contributed by atoms with Gasteiger partial charge in [0.05, 0.1) is 17.7 Å². The van der Waals surface area contributed by atoms with Crippen LogP contribution in [-0.2, 0) is 17.6 Å². The quantitative estimate of drug-likeness (QED) is 0.847. The van der Waals surface area contributed by atoms with Gasteiger partial charge >= 0.3 is 0 Å². The van der Waals surface area contributed by atoms with Gasteiger partial charge in [-0.2, -0.15) is 0 Å². The van der Waals surface area contributed by atoms with Gasteiger partial charge in [-0.1, -0.05) is 12.1 Å². The number of amides is 1. The molecule has 6 heteroatoms. The van der Waals surface area contributed by atoms with Gasteiger partial charge in [0.25, 0.3) is 0 Å². The molecular formula is C21H29FN4O. The Balaban J connectivity index is 1.77. The summed E-state index contributed by atoms with van der Waals surface area (Å²) in [5.74, 6) is -0.258. The Labute approximate surface area is 160 Å². The number of imidazole rings is 1. The molecule has 3 rings (SSSR count). The Morgan fingerprint density at radius 1 is 1.30 bits per heavy atom. The van der Waals surface area contributed by atoms with Gasteiger partial charge in [0.2, 0.25) is 5.91 Å². The average molecular weight is 372 g/mol. The van der Waals surface area contributed by atoms with E-state index in [1.165, 1.54) is 12.1 Å². The molecule has 27 heavy (non-hydrogen) atoms. The number of benzene rings is 1. The predicted octanol–water partition coefficient (Wildman–Crippen LogP) is 3.27. The third-order valence-corrected chi connectivity index (χ3v) is 5.18. The SMILES string of the molecule is CC(C)N1CCc2ncn(C(C)C)c2[C@@H]1C(=O)NCCc1cccc(F)c1. The molecule has 1 amide bonds. The summed E-state index contributed by atoms with van der Waals surface area (Å²) >= 11 is 0.